The highest BCUT2D eigenvalue weighted by Crippen LogP contribution is 2.28. The van der Waals surface area contributed by atoms with Crippen molar-refractivity contribution < 1.29 is 19.1 Å². The van der Waals surface area contributed by atoms with Crippen LogP contribution in [-0.4, -0.2) is 61.3 Å². The molecule has 0 radical (unpaired) electrons. The predicted octanol–water partition coefficient (Wildman–Crippen LogP) is -0.329. The molecule has 0 aromatic heterocycles. The largest absolute Gasteiger partial charge is 0.376 e. The number of rotatable bonds is 4. The molecule has 106 valence electrons. The van der Waals surface area contributed by atoms with Gasteiger partial charge in [-0.1, -0.05) is 0 Å². The van der Waals surface area contributed by atoms with Gasteiger partial charge < -0.3 is 14.8 Å². The normalized spacial score (nSPS) is 32.1. The van der Waals surface area contributed by atoms with Crippen LogP contribution in [0.15, 0.2) is 0 Å². The van der Waals surface area contributed by atoms with E-state index in [-0.39, 0.29) is 17.9 Å². The lowest BCUT2D eigenvalue weighted by molar-refractivity contribution is -0.169. The molecule has 19 heavy (non-hydrogen) atoms. The van der Waals surface area contributed by atoms with Crippen molar-refractivity contribution in [3.63, 3.8) is 0 Å². The lowest BCUT2D eigenvalue weighted by atomic mass is 10.1. The third-order valence-corrected chi connectivity index (χ3v) is 4.06. The summed E-state index contributed by atoms with van der Waals surface area (Å²) in [6.07, 6.45) is 2.78. The zero-order valence-electron chi connectivity index (χ0n) is 11.0. The third kappa shape index (κ3) is 2.66. The SMILES string of the molecule is O=C1C2CCC(O2)C(=O)N1CCOC1CCNCC1. The molecule has 2 bridgehead atoms. The van der Waals surface area contributed by atoms with Gasteiger partial charge in [-0.25, -0.2) is 0 Å². The van der Waals surface area contributed by atoms with Crippen LogP contribution in [0.3, 0.4) is 0 Å². The maximum atomic E-state index is 12.0. The summed E-state index contributed by atoms with van der Waals surface area (Å²) in [4.78, 5) is 25.3. The second-order valence-corrected chi connectivity index (χ2v) is 5.34. The molecule has 0 aromatic carbocycles. The number of carbonyl (C=O) groups is 2. The zero-order valence-corrected chi connectivity index (χ0v) is 11.0. The van der Waals surface area contributed by atoms with Crippen molar-refractivity contribution in [3.05, 3.63) is 0 Å². The summed E-state index contributed by atoms with van der Waals surface area (Å²) in [5, 5.41) is 3.27. The van der Waals surface area contributed by atoms with Crippen LogP contribution in [0, 0.1) is 0 Å². The summed E-state index contributed by atoms with van der Waals surface area (Å²) in [6.45, 7) is 2.74. The lowest BCUT2D eigenvalue weighted by Crippen LogP contribution is -2.52. The summed E-state index contributed by atoms with van der Waals surface area (Å²) < 4.78 is 11.1. The number of nitrogens with one attached hydrogen (secondary N) is 1. The molecule has 6 heteroatoms. The third-order valence-electron chi connectivity index (χ3n) is 4.06. The van der Waals surface area contributed by atoms with E-state index in [4.69, 9.17) is 9.47 Å². The van der Waals surface area contributed by atoms with Gasteiger partial charge in [-0.3, -0.25) is 14.5 Å². The Kier molecular flexibility index (Phi) is 3.81. The molecule has 3 heterocycles. The molecule has 3 aliphatic rings. The first-order valence-electron chi connectivity index (χ1n) is 7.08. The van der Waals surface area contributed by atoms with E-state index in [2.05, 4.69) is 5.32 Å². The molecule has 6 nitrogen and oxygen atoms in total. The molecule has 3 fully saturated rings. The van der Waals surface area contributed by atoms with E-state index in [9.17, 15) is 9.59 Å². The van der Waals surface area contributed by atoms with Crippen molar-refractivity contribution in [1.29, 1.82) is 0 Å². The fourth-order valence-corrected chi connectivity index (χ4v) is 2.95. The van der Waals surface area contributed by atoms with Crippen molar-refractivity contribution in [1.82, 2.24) is 10.2 Å². The van der Waals surface area contributed by atoms with Gasteiger partial charge in [0.2, 0.25) is 0 Å². The molecule has 0 saturated carbocycles. The zero-order chi connectivity index (χ0) is 13.2. The molecule has 0 aromatic rings. The second-order valence-electron chi connectivity index (χ2n) is 5.34. The molecular weight excluding hydrogens is 248 g/mol. The highest BCUT2D eigenvalue weighted by atomic mass is 16.5. The van der Waals surface area contributed by atoms with Gasteiger partial charge in [0.05, 0.1) is 19.3 Å². The van der Waals surface area contributed by atoms with Gasteiger partial charge in [0.1, 0.15) is 12.2 Å². The lowest BCUT2D eigenvalue weighted by Gasteiger charge is -2.30. The van der Waals surface area contributed by atoms with Crippen LogP contribution in [-0.2, 0) is 19.1 Å². The first kappa shape index (κ1) is 13.0. The number of carbonyl (C=O) groups excluding carboxylic acids is 2. The van der Waals surface area contributed by atoms with Crippen molar-refractivity contribution in [2.45, 2.75) is 44.0 Å². The minimum absolute atomic E-state index is 0.187. The summed E-state index contributed by atoms with van der Waals surface area (Å²) in [5.41, 5.74) is 0. The van der Waals surface area contributed by atoms with Gasteiger partial charge >= 0.3 is 0 Å². The van der Waals surface area contributed by atoms with E-state index < -0.39 is 12.2 Å². The number of hydrogen-bond donors (Lipinski definition) is 1. The fraction of sp³-hybridized carbons (Fsp3) is 0.846. The van der Waals surface area contributed by atoms with Crippen molar-refractivity contribution >= 4 is 11.8 Å². The van der Waals surface area contributed by atoms with Gasteiger partial charge in [-0.05, 0) is 38.8 Å². The average Bonchev–Trinajstić information content (AvgIpc) is 2.89. The highest BCUT2D eigenvalue weighted by molar-refractivity contribution is 6.02. The Labute approximate surface area is 112 Å². The van der Waals surface area contributed by atoms with E-state index in [0.29, 0.717) is 26.0 Å². The molecule has 2 unspecified atom stereocenters. The molecule has 3 rings (SSSR count). The Morgan fingerprint density at radius 1 is 1.11 bits per heavy atom. The fourth-order valence-electron chi connectivity index (χ4n) is 2.95. The van der Waals surface area contributed by atoms with Gasteiger partial charge in [0.15, 0.2) is 0 Å². The van der Waals surface area contributed by atoms with Crippen molar-refractivity contribution in [2.75, 3.05) is 26.2 Å². The maximum absolute atomic E-state index is 12.0. The van der Waals surface area contributed by atoms with Gasteiger partial charge in [0, 0.05) is 0 Å². The summed E-state index contributed by atoms with van der Waals surface area (Å²) in [6, 6.07) is 0. The smallest absolute Gasteiger partial charge is 0.258 e. The van der Waals surface area contributed by atoms with E-state index >= 15 is 0 Å². The number of amides is 2. The maximum Gasteiger partial charge on any atom is 0.258 e. The van der Waals surface area contributed by atoms with E-state index in [1.807, 2.05) is 0 Å². The Balaban J connectivity index is 1.49. The Morgan fingerprint density at radius 3 is 2.37 bits per heavy atom. The monoisotopic (exact) mass is 268 g/mol. The standard InChI is InChI=1S/C13H20N2O4/c16-12-10-1-2-11(19-10)13(17)15(12)7-8-18-9-3-5-14-6-4-9/h9-11,14H,1-8H2. The van der Waals surface area contributed by atoms with Gasteiger partial charge in [-0.2, -0.15) is 0 Å². The van der Waals surface area contributed by atoms with Crippen molar-refractivity contribution in [2.24, 2.45) is 0 Å². The first-order chi connectivity index (χ1) is 9.25. The molecule has 3 saturated heterocycles. The van der Waals surface area contributed by atoms with Crippen LogP contribution in [0.1, 0.15) is 25.7 Å². The summed E-state index contributed by atoms with van der Waals surface area (Å²) in [7, 11) is 0. The van der Waals surface area contributed by atoms with E-state index in [1.54, 1.807) is 0 Å². The molecule has 0 aliphatic carbocycles. The first-order valence-corrected chi connectivity index (χ1v) is 7.08. The molecule has 0 spiro atoms. The second kappa shape index (κ2) is 5.56. The number of likely N-dealkylation sites (tertiary alicyclic amines) is 1. The number of hydrogen-bond acceptors (Lipinski definition) is 5. The van der Waals surface area contributed by atoms with Crippen molar-refractivity contribution in [3.8, 4) is 0 Å². The van der Waals surface area contributed by atoms with Crippen LogP contribution in [0.5, 0.6) is 0 Å². The summed E-state index contributed by atoms with van der Waals surface area (Å²) >= 11 is 0. The Morgan fingerprint density at radius 2 is 1.74 bits per heavy atom. The molecular formula is C13H20N2O4. The van der Waals surface area contributed by atoms with E-state index in [1.165, 1.54) is 4.90 Å². The van der Waals surface area contributed by atoms with Gasteiger partial charge in [-0.15, -0.1) is 0 Å². The number of fused-ring (bicyclic) bond motifs is 2. The topological polar surface area (TPSA) is 67.9 Å². The molecule has 3 aliphatic heterocycles. The van der Waals surface area contributed by atoms with Crippen LogP contribution in [0.2, 0.25) is 0 Å². The average molecular weight is 268 g/mol. The Bertz CT molecular complexity index is 346. The minimum Gasteiger partial charge on any atom is -0.376 e. The van der Waals surface area contributed by atoms with E-state index in [0.717, 1.165) is 25.9 Å². The number of piperidine rings is 1. The van der Waals surface area contributed by atoms with Crippen LogP contribution in [0.25, 0.3) is 0 Å². The molecule has 2 atom stereocenters. The number of nitrogens with zero attached hydrogens (tertiary/aromatic N) is 1. The summed E-state index contributed by atoms with van der Waals surface area (Å²) in [5.74, 6) is -0.375. The number of morpholine rings is 1. The number of ether oxygens (including phenoxy) is 2. The molecule has 2 amide bonds. The van der Waals surface area contributed by atoms with Crippen LogP contribution < -0.4 is 5.32 Å². The predicted molar refractivity (Wildman–Crippen MR) is 66.5 cm³/mol. The Hall–Kier alpha value is -0.980. The number of imide groups is 1. The minimum atomic E-state index is -0.401. The highest BCUT2D eigenvalue weighted by Gasteiger charge is 2.46. The van der Waals surface area contributed by atoms with Crippen LogP contribution >= 0.6 is 0 Å². The van der Waals surface area contributed by atoms with Crippen LogP contribution in [0.4, 0.5) is 0 Å². The van der Waals surface area contributed by atoms with Gasteiger partial charge in [0.25, 0.3) is 11.8 Å². The quantitative estimate of drug-likeness (QED) is 0.707. The molecule has 1 N–H and O–H groups in total.